The Kier molecular flexibility index (Phi) is 4.26. The zero-order valence-electron chi connectivity index (χ0n) is 15.7. The van der Waals surface area contributed by atoms with Crippen LogP contribution in [0.3, 0.4) is 0 Å². The molecule has 2 aliphatic rings. The number of nitrogens with one attached hydrogen (secondary N) is 2. The molecule has 1 aromatic carbocycles. The first-order valence-electron chi connectivity index (χ1n) is 9.55. The summed E-state index contributed by atoms with van der Waals surface area (Å²) in [5, 5.41) is 18.5. The summed E-state index contributed by atoms with van der Waals surface area (Å²) in [6.07, 6.45) is -2.13. The van der Waals surface area contributed by atoms with Crippen LogP contribution in [0, 0.1) is 0 Å². The number of hydrogen-bond acceptors (Lipinski definition) is 6. The third-order valence-corrected chi connectivity index (χ3v) is 5.31. The average molecular weight is 418 g/mol. The third kappa shape index (κ3) is 3.19. The van der Waals surface area contributed by atoms with Crippen LogP contribution in [0.15, 0.2) is 28.7 Å². The highest BCUT2D eigenvalue weighted by Gasteiger charge is 2.33. The maximum Gasteiger partial charge on any atom is 0.416 e. The van der Waals surface area contributed by atoms with Crippen molar-refractivity contribution < 1.29 is 22.4 Å². The van der Waals surface area contributed by atoms with E-state index >= 15 is 0 Å². The number of benzene rings is 1. The van der Waals surface area contributed by atoms with E-state index in [0.717, 1.165) is 37.2 Å². The monoisotopic (exact) mass is 418 g/mol. The minimum atomic E-state index is -4.39. The fourth-order valence-corrected chi connectivity index (χ4v) is 3.80. The Morgan fingerprint density at radius 3 is 2.70 bits per heavy atom. The lowest BCUT2D eigenvalue weighted by molar-refractivity contribution is -0.137. The van der Waals surface area contributed by atoms with E-state index in [-0.39, 0.29) is 17.7 Å². The van der Waals surface area contributed by atoms with Gasteiger partial charge in [-0.3, -0.25) is 9.48 Å². The summed E-state index contributed by atoms with van der Waals surface area (Å²) in [4.78, 5) is 11.9. The maximum atomic E-state index is 12.8. The number of aryl methyl sites for hydroxylation is 1. The number of nitrogens with zero attached hydrogens (tertiary/aromatic N) is 4. The molecule has 0 aliphatic carbocycles. The summed E-state index contributed by atoms with van der Waals surface area (Å²) in [6, 6.07) is 4.78. The molecule has 2 aromatic heterocycles. The van der Waals surface area contributed by atoms with Crippen molar-refractivity contribution in [2.75, 3.05) is 11.9 Å². The van der Waals surface area contributed by atoms with Crippen molar-refractivity contribution in [2.45, 2.75) is 37.9 Å². The second-order valence-electron chi connectivity index (χ2n) is 7.27. The molecular weight excluding hydrogens is 401 g/mol. The topological polar surface area (TPSA) is 97.9 Å². The first-order valence-corrected chi connectivity index (χ1v) is 9.55. The van der Waals surface area contributed by atoms with Gasteiger partial charge in [-0.15, -0.1) is 10.2 Å². The molecule has 5 rings (SSSR count). The Morgan fingerprint density at radius 2 is 2.00 bits per heavy atom. The number of alkyl halides is 3. The van der Waals surface area contributed by atoms with E-state index in [0.29, 0.717) is 30.0 Å². The summed E-state index contributed by atoms with van der Waals surface area (Å²) in [5.74, 6) is -0.234. The van der Waals surface area contributed by atoms with Crippen LogP contribution in [0.5, 0.6) is 0 Å². The van der Waals surface area contributed by atoms with E-state index in [1.807, 2.05) is 4.68 Å². The van der Waals surface area contributed by atoms with Crippen LogP contribution >= 0.6 is 0 Å². The van der Waals surface area contributed by atoms with Crippen molar-refractivity contribution in [3.05, 3.63) is 41.4 Å². The van der Waals surface area contributed by atoms with Gasteiger partial charge in [0.15, 0.2) is 5.69 Å². The van der Waals surface area contributed by atoms with Gasteiger partial charge in [-0.2, -0.15) is 18.3 Å². The zero-order chi connectivity index (χ0) is 20.9. The molecule has 0 radical (unpaired) electrons. The Hall–Kier alpha value is -3.37. The van der Waals surface area contributed by atoms with Crippen LogP contribution < -0.4 is 10.6 Å². The molecule has 1 amide bonds. The Labute approximate surface area is 168 Å². The maximum absolute atomic E-state index is 12.8. The molecule has 11 heteroatoms. The average Bonchev–Trinajstić information content (AvgIpc) is 3.46. The van der Waals surface area contributed by atoms with Crippen molar-refractivity contribution in [1.29, 1.82) is 0 Å². The van der Waals surface area contributed by atoms with Crippen LogP contribution in [0.2, 0.25) is 0 Å². The predicted molar refractivity (Wildman–Crippen MR) is 98.9 cm³/mol. The van der Waals surface area contributed by atoms with Gasteiger partial charge in [0, 0.05) is 18.8 Å². The molecule has 0 spiro atoms. The fraction of sp³-hybridized carbons (Fsp3) is 0.368. The number of carbonyl (C=O) groups excluding carboxylic acids is 1. The lowest BCUT2D eigenvalue weighted by atomic mass is 10.1. The summed E-state index contributed by atoms with van der Waals surface area (Å²) >= 11 is 0. The molecule has 2 aliphatic heterocycles. The van der Waals surface area contributed by atoms with Gasteiger partial charge in [0.05, 0.1) is 16.9 Å². The normalized spacial score (nSPS) is 18.5. The van der Waals surface area contributed by atoms with E-state index in [1.165, 1.54) is 12.1 Å². The summed E-state index contributed by atoms with van der Waals surface area (Å²) < 4.78 is 46.1. The molecule has 8 nitrogen and oxygen atoms in total. The Morgan fingerprint density at radius 1 is 1.20 bits per heavy atom. The van der Waals surface area contributed by atoms with Crippen LogP contribution in [0.4, 0.5) is 24.5 Å². The smallest absolute Gasteiger partial charge is 0.416 e. The number of rotatable bonds is 4. The molecule has 2 N–H and O–H groups in total. The minimum absolute atomic E-state index is 0.152. The number of hydrogen-bond donors (Lipinski definition) is 2. The number of fused-ring (bicyclic) bond motifs is 1. The van der Waals surface area contributed by atoms with Crippen LogP contribution in [0.25, 0.3) is 11.6 Å². The van der Waals surface area contributed by atoms with Gasteiger partial charge in [0.1, 0.15) is 5.92 Å². The van der Waals surface area contributed by atoms with Gasteiger partial charge in [-0.1, -0.05) is 0 Å². The fourth-order valence-electron chi connectivity index (χ4n) is 3.80. The van der Waals surface area contributed by atoms with Gasteiger partial charge in [-0.05, 0) is 43.5 Å². The van der Waals surface area contributed by atoms with Crippen molar-refractivity contribution >= 4 is 17.3 Å². The summed E-state index contributed by atoms with van der Waals surface area (Å²) in [6.45, 7) is 1.28. The van der Waals surface area contributed by atoms with Crippen LogP contribution in [-0.4, -0.2) is 32.4 Å². The van der Waals surface area contributed by atoms with E-state index < -0.39 is 17.7 Å². The second-order valence-corrected chi connectivity index (χ2v) is 7.27. The SMILES string of the molecule is O=C1NCCC1c1nnc(-c2nn3c(c2Nc2ccc(C(F)(F)F)cc2)CCC3)o1. The molecule has 156 valence electrons. The lowest BCUT2D eigenvalue weighted by Crippen LogP contribution is -2.18. The molecule has 1 saturated heterocycles. The minimum Gasteiger partial charge on any atom is -0.418 e. The van der Waals surface area contributed by atoms with E-state index in [1.54, 1.807) is 0 Å². The number of aromatic nitrogens is 4. The van der Waals surface area contributed by atoms with E-state index in [9.17, 15) is 18.0 Å². The standard InChI is InChI=1S/C19H17F3N6O2/c20-19(21,22)10-3-5-11(6-4-10)24-14-13-2-1-9-28(13)27-15(14)18-26-25-17(30-18)12-7-8-23-16(12)29/h3-6,12,24H,1-2,7-9H2,(H,23,29). The number of amides is 1. The Balaban J connectivity index is 1.48. The molecule has 30 heavy (non-hydrogen) atoms. The van der Waals surface area contributed by atoms with Gasteiger partial charge in [0.25, 0.3) is 5.89 Å². The third-order valence-electron chi connectivity index (χ3n) is 5.31. The highest BCUT2D eigenvalue weighted by atomic mass is 19.4. The summed E-state index contributed by atoms with van der Waals surface area (Å²) in [5.41, 5.74) is 1.73. The Bertz CT molecular complexity index is 1100. The number of carbonyl (C=O) groups is 1. The van der Waals surface area contributed by atoms with E-state index in [2.05, 4.69) is 25.9 Å². The van der Waals surface area contributed by atoms with Gasteiger partial charge in [-0.25, -0.2) is 0 Å². The quantitative estimate of drug-likeness (QED) is 0.675. The second kappa shape index (κ2) is 6.85. The number of halogens is 3. The van der Waals surface area contributed by atoms with Crippen LogP contribution in [0.1, 0.15) is 35.9 Å². The highest BCUT2D eigenvalue weighted by Crippen LogP contribution is 2.37. The molecule has 1 atom stereocenters. The molecule has 4 heterocycles. The molecule has 1 unspecified atom stereocenters. The molecule has 0 saturated carbocycles. The molecule has 3 aromatic rings. The van der Waals surface area contributed by atoms with Gasteiger partial charge in [0.2, 0.25) is 11.8 Å². The van der Waals surface area contributed by atoms with Gasteiger partial charge >= 0.3 is 6.18 Å². The van der Waals surface area contributed by atoms with Crippen LogP contribution in [-0.2, 0) is 23.9 Å². The number of anilines is 2. The first kappa shape index (κ1) is 18.6. The van der Waals surface area contributed by atoms with Crippen molar-refractivity contribution in [2.24, 2.45) is 0 Å². The van der Waals surface area contributed by atoms with Gasteiger partial charge < -0.3 is 15.1 Å². The van der Waals surface area contributed by atoms with E-state index in [4.69, 9.17) is 4.42 Å². The first-order chi connectivity index (χ1) is 14.4. The lowest BCUT2D eigenvalue weighted by Gasteiger charge is -2.10. The predicted octanol–water partition coefficient (Wildman–Crippen LogP) is 3.25. The zero-order valence-corrected chi connectivity index (χ0v) is 15.7. The summed E-state index contributed by atoms with van der Waals surface area (Å²) in [7, 11) is 0. The largest absolute Gasteiger partial charge is 0.418 e. The highest BCUT2D eigenvalue weighted by molar-refractivity contribution is 5.84. The molecular formula is C19H17F3N6O2. The molecule has 0 bridgehead atoms. The van der Waals surface area contributed by atoms with Crippen molar-refractivity contribution in [1.82, 2.24) is 25.3 Å². The van der Waals surface area contributed by atoms with Crippen molar-refractivity contribution in [3.63, 3.8) is 0 Å². The molecule has 1 fully saturated rings. The van der Waals surface area contributed by atoms with Crippen molar-refractivity contribution in [3.8, 4) is 11.6 Å².